The number of nitrogens with one attached hydrogen (secondary N) is 1. The molecule has 0 fully saturated rings. The molecule has 20 heavy (non-hydrogen) atoms. The van der Waals surface area contributed by atoms with Crippen LogP contribution in [0.1, 0.15) is 76.5 Å². The Hall–Kier alpha value is -0.830. The summed E-state index contributed by atoms with van der Waals surface area (Å²) in [6, 6.07) is 0.674. The van der Waals surface area contributed by atoms with Crippen LogP contribution in [-0.4, -0.2) is 15.8 Å². The molecule has 0 amide bonds. The molecule has 0 aliphatic carbocycles. The molecule has 0 bridgehead atoms. The van der Waals surface area contributed by atoms with Gasteiger partial charge in [0.2, 0.25) is 0 Å². The topological polar surface area (TPSA) is 29.9 Å². The second kappa shape index (κ2) is 9.98. The van der Waals surface area contributed by atoms with Gasteiger partial charge in [0.1, 0.15) is 0 Å². The van der Waals surface area contributed by atoms with Crippen molar-refractivity contribution in [3.63, 3.8) is 0 Å². The summed E-state index contributed by atoms with van der Waals surface area (Å²) in [5, 5.41) is 8.17. The first kappa shape index (κ1) is 17.2. The highest BCUT2D eigenvalue weighted by Gasteiger charge is 2.09. The zero-order valence-corrected chi connectivity index (χ0v) is 13.9. The van der Waals surface area contributed by atoms with Gasteiger partial charge in [-0.2, -0.15) is 5.10 Å². The first-order valence-corrected chi connectivity index (χ1v) is 8.39. The summed E-state index contributed by atoms with van der Waals surface area (Å²) in [5.41, 5.74) is 2.49. The Kier molecular flexibility index (Phi) is 8.59. The Balaban J connectivity index is 2.39. The van der Waals surface area contributed by atoms with E-state index in [0.29, 0.717) is 6.04 Å². The van der Waals surface area contributed by atoms with Crippen LogP contribution in [0.3, 0.4) is 0 Å². The molecule has 1 aromatic heterocycles. The summed E-state index contributed by atoms with van der Waals surface area (Å²) in [6.45, 7) is 7.61. The molecule has 0 atom stereocenters. The van der Waals surface area contributed by atoms with Crippen molar-refractivity contribution in [2.24, 2.45) is 7.05 Å². The minimum atomic E-state index is 0.674. The third-order valence-corrected chi connectivity index (χ3v) is 4.01. The van der Waals surface area contributed by atoms with Gasteiger partial charge in [-0.05, 0) is 19.8 Å². The van der Waals surface area contributed by atoms with Crippen LogP contribution in [0.4, 0.5) is 0 Å². The van der Waals surface area contributed by atoms with Crippen molar-refractivity contribution in [3.05, 3.63) is 17.5 Å². The van der Waals surface area contributed by atoms with Gasteiger partial charge in [0.15, 0.2) is 0 Å². The van der Waals surface area contributed by atoms with E-state index in [1.807, 2.05) is 11.7 Å². The van der Waals surface area contributed by atoms with Crippen molar-refractivity contribution < 1.29 is 0 Å². The van der Waals surface area contributed by atoms with Crippen LogP contribution in [0, 0.1) is 6.92 Å². The standard InChI is InChI=1S/C17H33N3/c1-5-7-9-11-17(12-10-8-6-2)18-13-16-14-20(4)19-15(16)3/h14,17-18H,5-13H2,1-4H3. The largest absolute Gasteiger partial charge is 0.310 e. The van der Waals surface area contributed by atoms with Crippen molar-refractivity contribution in [1.82, 2.24) is 15.1 Å². The number of nitrogens with zero attached hydrogens (tertiary/aromatic N) is 2. The molecule has 1 N–H and O–H groups in total. The van der Waals surface area contributed by atoms with Crippen molar-refractivity contribution in [2.75, 3.05) is 0 Å². The Morgan fingerprint density at radius 2 is 1.70 bits per heavy atom. The average molecular weight is 279 g/mol. The van der Waals surface area contributed by atoms with Gasteiger partial charge in [0, 0.05) is 31.4 Å². The SMILES string of the molecule is CCCCCC(CCCCC)NCc1cn(C)nc1C. The molecule has 1 rings (SSSR count). The van der Waals surface area contributed by atoms with Gasteiger partial charge < -0.3 is 5.32 Å². The lowest BCUT2D eigenvalue weighted by molar-refractivity contribution is 0.417. The molecule has 0 spiro atoms. The van der Waals surface area contributed by atoms with E-state index in [-0.39, 0.29) is 0 Å². The highest BCUT2D eigenvalue weighted by Crippen LogP contribution is 2.13. The monoisotopic (exact) mass is 279 g/mol. The van der Waals surface area contributed by atoms with Crippen molar-refractivity contribution in [1.29, 1.82) is 0 Å². The molecule has 0 aromatic carbocycles. The van der Waals surface area contributed by atoms with E-state index in [4.69, 9.17) is 0 Å². The van der Waals surface area contributed by atoms with Crippen LogP contribution in [-0.2, 0) is 13.6 Å². The van der Waals surface area contributed by atoms with Gasteiger partial charge >= 0.3 is 0 Å². The van der Waals surface area contributed by atoms with Gasteiger partial charge in [-0.1, -0.05) is 52.4 Å². The van der Waals surface area contributed by atoms with Crippen LogP contribution in [0.5, 0.6) is 0 Å². The normalized spacial score (nSPS) is 11.4. The number of unbranched alkanes of at least 4 members (excludes halogenated alkanes) is 4. The van der Waals surface area contributed by atoms with Crippen LogP contribution in [0.15, 0.2) is 6.20 Å². The Bertz CT molecular complexity index is 347. The number of aromatic nitrogens is 2. The van der Waals surface area contributed by atoms with Crippen molar-refractivity contribution in [3.8, 4) is 0 Å². The number of hydrogen-bond donors (Lipinski definition) is 1. The second-order valence-corrected chi connectivity index (χ2v) is 5.98. The zero-order chi connectivity index (χ0) is 14.8. The third-order valence-electron chi connectivity index (χ3n) is 4.01. The number of hydrogen-bond acceptors (Lipinski definition) is 2. The molecule has 0 saturated heterocycles. The molecular formula is C17H33N3. The molecule has 3 nitrogen and oxygen atoms in total. The van der Waals surface area contributed by atoms with E-state index >= 15 is 0 Å². The van der Waals surface area contributed by atoms with E-state index < -0.39 is 0 Å². The quantitative estimate of drug-likeness (QED) is 0.610. The van der Waals surface area contributed by atoms with Crippen LogP contribution < -0.4 is 5.32 Å². The molecule has 1 aromatic rings. The van der Waals surface area contributed by atoms with E-state index in [2.05, 4.69) is 37.4 Å². The maximum Gasteiger partial charge on any atom is 0.0638 e. The first-order valence-electron chi connectivity index (χ1n) is 8.39. The van der Waals surface area contributed by atoms with E-state index in [0.717, 1.165) is 12.2 Å². The molecule has 0 saturated carbocycles. The van der Waals surface area contributed by atoms with Gasteiger partial charge in [0.05, 0.1) is 5.69 Å². The van der Waals surface area contributed by atoms with E-state index in [9.17, 15) is 0 Å². The third kappa shape index (κ3) is 6.56. The summed E-state index contributed by atoms with van der Waals surface area (Å²) >= 11 is 0. The first-order chi connectivity index (χ1) is 9.67. The van der Waals surface area contributed by atoms with Gasteiger partial charge in [-0.15, -0.1) is 0 Å². The zero-order valence-electron chi connectivity index (χ0n) is 13.9. The summed E-state index contributed by atoms with van der Waals surface area (Å²) in [5.74, 6) is 0. The Morgan fingerprint density at radius 1 is 1.10 bits per heavy atom. The highest BCUT2D eigenvalue weighted by molar-refractivity contribution is 5.14. The fourth-order valence-electron chi connectivity index (χ4n) is 2.71. The molecule has 116 valence electrons. The molecule has 0 radical (unpaired) electrons. The van der Waals surface area contributed by atoms with E-state index in [1.54, 1.807) is 0 Å². The van der Waals surface area contributed by atoms with Crippen molar-refractivity contribution in [2.45, 2.75) is 84.7 Å². The van der Waals surface area contributed by atoms with E-state index in [1.165, 1.54) is 56.9 Å². The fourth-order valence-corrected chi connectivity index (χ4v) is 2.71. The molecule has 3 heteroatoms. The highest BCUT2D eigenvalue weighted by atomic mass is 15.2. The molecule has 1 heterocycles. The summed E-state index contributed by atoms with van der Waals surface area (Å²) < 4.78 is 1.91. The molecule has 0 aliphatic heterocycles. The lowest BCUT2D eigenvalue weighted by atomic mass is 10.0. The minimum absolute atomic E-state index is 0.674. The van der Waals surface area contributed by atoms with Crippen LogP contribution in [0.25, 0.3) is 0 Å². The predicted octanol–water partition coefficient (Wildman–Crippen LogP) is 4.35. The maximum atomic E-state index is 4.42. The predicted molar refractivity (Wildman–Crippen MR) is 86.9 cm³/mol. The summed E-state index contributed by atoms with van der Waals surface area (Å²) in [6.07, 6.45) is 12.8. The van der Waals surface area contributed by atoms with Crippen molar-refractivity contribution >= 4 is 0 Å². The fraction of sp³-hybridized carbons (Fsp3) is 0.824. The molecule has 0 unspecified atom stereocenters. The van der Waals surface area contributed by atoms with Gasteiger partial charge in [-0.25, -0.2) is 0 Å². The average Bonchev–Trinajstić information content (AvgIpc) is 2.74. The van der Waals surface area contributed by atoms with Crippen LogP contribution >= 0.6 is 0 Å². The molecular weight excluding hydrogens is 246 g/mol. The maximum absolute atomic E-state index is 4.42. The molecule has 0 aliphatic rings. The number of rotatable bonds is 11. The summed E-state index contributed by atoms with van der Waals surface area (Å²) in [7, 11) is 2.00. The lowest BCUT2D eigenvalue weighted by Gasteiger charge is -2.18. The van der Waals surface area contributed by atoms with Gasteiger partial charge in [-0.3, -0.25) is 4.68 Å². The lowest BCUT2D eigenvalue weighted by Crippen LogP contribution is -2.28. The Morgan fingerprint density at radius 3 is 2.15 bits per heavy atom. The minimum Gasteiger partial charge on any atom is -0.310 e. The van der Waals surface area contributed by atoms with Gasteiger partial charge in [0.25, 0.3) is 0 Å². The smallest absolute Gasteiger partial charge is 0.0638 e. The number of aryl methyl sites for hydroxylation is 2. The Labute approximate surface area is 125 Å². The van der Waals surface area contributed by atoms with Crippen LogP contribution in [0.2, 0.25) is 0 Å². The summed E-state index contributed by atoms with van der Waals surface area (Å²) in [4.78, 5) is 0. The second-order valence-electron chi connectivity index (χ2n) is 5.98.